The molecule has 15 aliphatic carbocycles. The molecular formula is C41H56. The lowest BCUT2D eigenvalue weighted by molar-refractivity contribution is -0.319. The molecule has 220 valence electrons. The molecule has 0 aromatic heterocycles. The van der Waals surface area contributed by atoms with Crippen molar-refractivity contribution in [2.45, 2.75) is 125 Å². The van der Waals surface area contributed by atoms with Gasteiger partial charge >= 0.3 is 0 Å². The highest BCUT2D eigenvalue weighted by molar-refractivity contribution is 5.45. The van der Waals surface area contributed by atoms with Crippen LogP contribution in [0.25, 0.3) is 0 Å². The van der Waals surface area contributed by atoms with Crippen LogP contribution in [-0.2, 0) is 0 Å². The number of hydrogen-bond donors (Lipinski definition) is 0. The maximum Gasteiger partial charge on any atom is 0.00177 e. The van der Waals surface area contributed by atoms with Gasteiger partial charge < -0.3 is 0 Å². The Kier molecular flexibility index (Phi) is 3.86. The molecular weight excluding hydrogens is 492 g/mol. The predicted octanol–water partition coefficient (Wildman–Crippen LogP) is 10.6. The summed E-state index contributed by atoms with van der Waals surface area (Å²) in [6.07, 6.45) is 30.7. The van der Waals surface area contributed by atoms with E-state index in [2.05, 4.69) is 65.8 Å². The zero-order valence-corrected chi connectivity index (χ0v) is 27.1. The van der Waals surface area contributed by atoms with Gasteiger partial charge in [-0.25, -0.2) is 0 Å². The fourth-order valence-corrected chi connectivity index (χ4v) is 19.1. The molecule has 0 aliphatic heterocycles. The van der Waals surface area contributed by atoms with Gasteiger partial charge in [-0.3, -0.25) is 0 Å². The molecule has 0 heteroatoms. The van der Waals surface area contributed by atoms with Crippen LogP contribution < -0.4 is 0 Å². The topological polar surface area (TPSA) is 0 Å². The van der Waals surface area contributed by atoms with Crippen LogP contribution in [0.3, 0.4) is 0 Å². The third-order valence-electron chi connectivity index (χ3n) is 19.0. The molecule has 15 aliphatic rings. The van der Waals surface area contributed by atoms with Crippen molar-refractivity contribution in [1.29, 1.82) is 0 Å². The summed E-state index contributed by atoms with van der Waals surface area (Å²) in [5, 5.41) is 0. The van der Waals surface area contributed by atoms with E-state index >= 15 is 0 Å². The maximum absolute atomic E-state index is 2.91. The summed E-state index contributed by atoms with van der Waals surface area (Å²) in [4.78, 5) is 0. The Morgan fingerprint density at radius 2 is 0.878 bits per heavy atom. The lowest BCUT2D eigenvalue weighted by atomic mass is 9.22. The summed E-state index contributed by atoms with van der Waals surface area (Å²) in [6.45, 7) is 16.4. The Bertz CT molecular complexity index is 1350. The molecule has 0 aromatic carbocycles. The first-order valence-electron chi connectivity index (χ1n) is 18.4. The molecule has 14 fully saturated rings. The molecule has 0 nitrogen and oxygen atoms in total. The van der Waals surface area contributed by atoms with Crippen LogP contribution in [0.5, 0.6) is 0 Å². The van der Waals surface area contributed by atoms with Crippen LogP contribution in [-0.4, -0.2) is 0 Å². The monoisotopic (exact) mass is 548 g/mol. The number of allylic oxidation sites excluding steroid dienone is 6. The highest BCUT2D eigenvalue weighted by atomic mass is 14.8. The van der Waals surface area contributed by atoms with Crippen LogP contribution in [0.2, 0.25) is 0 Å². The highest BCUT2D eigenvalue weighted by Gasteiger charge is 2.79. The summed E-state index contributed by atoms with van der Waals surface area (Å²) >= 11 is 0. The second-order valence-corrected chi connectivity index (χ2v) is 21.4. The van der Waals surface area contributed by atoms with Gasteiger partial charge in [0.2, 0.25) is 0 Å². The van der Waals surface area contributed by atoms with Crippen molar-refractivity contribution in [3.8, 4) is 0 Å². The van der Waals surface area contributed by atoms with Gasteiger partial charge in [0, 0.05) is 5.41 Å². The summed E-state index contributed by atoms with van der Waals surface area (Å²) in [6, 6.07) is 0. The second-order valence-electron chi connectivity index (χ2n) is 21.4. The van der Waals surface area contributed by atoms with Crippen LogP contribution in [0, 0.1) is 90.7 Å². The molecule has 41 heavy (non-hydrogen) atoms. The molecule has 8 atom stereocenters. The van der Waals surface area contributed by atoms with Gasteiger partial charge in [0.25, 0.3) is 0 Å². The SMILES string of the molecule is CC12CC3C4CC5(C)CC(C(C1)C3(C1=CCC(C36CC7(C)CC8C3CC3(C)CC6C(C7)C8(C)C3)=CC=C1)C5)C4(C)C2. The highest BCUT2D eigenvalue weighted by Crippen LogP contribution is 2.87. The van der Waals surface area contributed by atoms with Crippen LogP contribution in [0.15, 0.2) is 35.5 Å². The average molecular weight is 549 g/mol. The van der Waals surface area contributed by atoms with Crippen molar-refractivity contribution in [2.24, 2.45) is 90.7 Å². The Hall–Kier alpha value is -0.780. The summed E-state index contributed by atoms with van der Waals surface area (Å²) < 4.78 is 0. The molecule has 8 unspecified atom stereocenters. The van der Waals surface area contributed by atoms with Gasteiger partial charge in [0.15, 0.2) is 0 Å². The largest absolute Gasteiger partial charge is 0.0766 e. The van der Waals surface area contributed by atoms with Crippen molar-refractivity contribution in [2.75, 3.05) is 0 Å². The Morgan fingerprint density at radius 3 is 1.37 bits per heavy atom. The molecule has 0 spiro atoms. The van der Waals surface area contributed by atoms with E-state index < -0.39 is 0 Å². The van der Waals surface area contributed by atoms with Crippen molar-refractivity contribution in [3.63, 3.8) is 0 Å². The van der Waals surface area contributed by atoms with Gasteiger partial charge in [-0.05, 0) is 174 Å². The van der Waals surface area contributed by atoms with Gasteiger partial charge in [-0.2, -0.15) is 0 Å². The van der Waals surface area contributed by atoms with E-state index in [1.54, 1.807) is 38.5 Å². The van der Waals surface area contributed by atoms with Crippen molar-refractivity contribution < 1.29 is 0 Å². The molecule has 0 saturated heterocycles. The second kappa shape index (κ2) is 6.45. The predicted molar refractivity (Wildman–Crippen MR) is 167 cm³/mol. The Labute approximate surface area is 250 Å². The van der Waals surface area contributed by atoms with E-state index in [-0.39, 0.29) is 0 Å². The van der Waals surface area contributed by atoms with E-state index in [0.717, 1.165) is 47.3 Å². The lowest BCUT2D eigenvalue weighted by Crippen LogP contribution is -2.75. The van der Waals surface area contributed by atoms with Gasteiger partial charge in [-0.1, -0.05) is 71.4 Å². The maximum atomic E-state index is 2.91. The minimum absolute atomic E-state index is 0.492. The zero-order valence-electron chi connectivity index (χ0n) is 27.1. The average Bonchev–Trinajstić information content (AvgIpc) is 3.15. The van der Waals surface area contributed by atoms with Gasteiger partial charge in [-0.15, -0.1) is 0 Å². The van der Waals surface area contributed by atoms with Crippen molar-refractivity contribution >= 4 is 0 Å². The van der Waals surface area contributed by atoms with E-state index in [4.69, 9.17) is 0 Å². The Balaban J connectivity index is 1.02. The molecule has 0 amide bonds. The molecule has 0 heterocycles. The van der Waals surface area contributed by atoms with Crippen LogP contribution in [0.4, 0.5) is 0 Å². The van der Waals surface area contributed by atoms with Crippen LogP contribution >= 0.6 is 0 Å². The lowest BCUT2D eigenvalue weighted by Gasteiger charge is -2.82. The van der Waals surface area contributed by atoms with Gasteiger partial charge in [0.05, 0.1) is 0 Å². The quantitative estimate of drug-likeness (QED) is 0.322. The summed E-state index contributed by atoms with van der Waals surface area (Å²) in [5.74, 6) is 7.82. The third kappa shape index (κ3) is 2.41. The third-order valence-corrected chi connectivity index (χ3v) is 19.0. The smallest absolute Gasteiger partial charge is 0.00177 e. The first-order chi connectivity index (χ1) is 19.3. The van der Waals surface area contributed by atoms with E-state index in [1.165, 1.54) is 44.9 Å². The van der Waals surface area contributed by atoms with Gasteiger partial charge in [0.1, 0.15) is 0 Å². The fourth-order valence-electron chi connectivity index (χ4n) is 19.1. The molecule has 0 N–H and O–H groups in total. The molecule has 15 rings (SSSR count). The first kappa shape index (κ1) is 24.5. The first-order valence-corrected chi connectivity index (χ1v) is 18.4. The number of hydrogen-bond acceptors (Lipinski definition) is 0. The fraction of sp³-hybridized carbons (Fsp3) is 0.854. The standard InChI is InChI=1S/C41H56/c1-34-16-30-26-12-36(3)13-27(38(26,5)20-34)31(17-34)40(30,22-36)24-8-7-9-25(11-10-24)41-23-37(4)14-28-32(41)18-35(2)19-33(41)29(15-37)39(28,6)21-35/h7-10,26-33H,11-23H2,1-6H3. The molecule has 0 aromatic rings. The molecule has 14 saturated carbocycles. The van der Waals surface area contributed by atoms with Crippen molar-refractivity contribution in [1.82, 2.24) is 0 Å². The minimum Gasteiger partial charge on any atom is -0.0766 e. The Morgan fingerprint density at radius 1 is 0.488 bits per heavy atom. The van der Waals surface area contributed by atoms with Crippen LogP contribution in [0.1, 0.15) is 125 Å². The molecule has 16 bridgehead atoms. The number of rotatable bonds is 2. The zero-order chi connectivity index (χ0) is 27.8. The normalized spacial score (nSPS) is 69.9. The minimum atomic E-state index is 0.492. The summed E-state index contributed by atoms with van der Waals surface area (Å²) in [7, 11) is 0. The van der Waals surface area contributed by atoms with E-state index in [9.17, 15) is 0 Å². The van der Waals surface area contributed by atoms with Crippen molar-refractivity contribution in [3.05, 3.63) is 35.5 Å². The summed E-state index contributed by atoms with van der Waals surface area (Å²) in [5.41, 5.74) is 8.51. The van der Waals surface area contributed by atoms with E-state index in [1.807, 2.05) is 11.1 Å². The molecule has 0 radical (unpaired) electrons. The van der Waals surface area contributed by atoms with E-state index in [0.29, 0.717) is 43.3 Å².